The summed E-state index contributed by atoms with van der Waals surface area (Å²) in [5, 5.41) is 0. The third-order valence-corrected chi connectivity index (χ3v) is 9.92. The summed E-state index contributed by atoms with van der Waals surface area (Å²) in [7, 11) is 4.23. The first-order valence-corrected chi connectivity index (χ1v) is 14.5. The van der Waals surface area contributed by atoms with Gasteiger partial charge in [0.1, 0.15) is 17.0 Å². The molecule has 0 fully saturated rings. The van der Waals surface area contributed by atoms with Gasteiger partial charge in [0.2, 0.25) is 0 Å². The number of carbonyl (C=O) groups is 1. The maximum absolute atomic E-state index is 14.0. The van der Waals surface area contributed by atoms with Gasteiger partial charge in [-0.15, -0.1) is 0 Å². The number of amides is 1. The Hall–Kier alpha value is -3.47. The molecule has 0 bridgehead atoms. The van der Waals surface area contributed by atoms with E-state index in [4.69, 9.17) is 4.74 Å². The number of ether oxygens (including phenoxy) is 1. The fourth-order valence-corrected chi connectivity index (χ4v) is 8.35. The molecule has 0 N–H and O–H groups in total. The Morgan fingerprint density at radius 3 is 2.32 bits per heavy atom. The largest absolute Gasteiger partial charge is 0.456 e. The van der Waals surface area contributed by atoms with Crippen molar-refractivity contribution in [2.75, 3.05) is 43.5 Å². The van der Waals surface area contributed by atoms with Gasteiger partial charge in [0.25, 0.3) is 5.91 Å². The highest BCUT2D eigenvalue weighted by molar-refractivity contribution is 6.02. The van der Waals surface area contributed by atoms with Crippen LogP contribution in [0.25, 0.3) is 0 Å². The summed E-state index contributed by atoms with van der Waals surface area (Å²) >= 11 is 0. The van der Waals surface area contributed by atoms with Crippen molar-refractivity contribution in [2.24, 2.45) is 0 Å². The van der Waals surface area contributed by atoms with Gasteiger partial charge < -0.3 is 19.4 Å². The molecular weight excluding hydrogens is 470 g/mol. The predicted octanol–water partition coefficient (Wildman–Crippen LogP) is 5.81. The standard InChI is InChI=1S/C33H35N3O2/c1-4-20-18-26-30(23-12-8-15-34(2)28(20)23)38-31-24-13-9-17-36-16-7-10-21(29(24)36)19-27(31)33(26)25-14-6-5-11-22(25)32(37)35(33)3/h5-6,11,14,18-19H,4,7-10,12-13,15-17H2,1-3H3. The van der Waals surface area contributed by atoms with Crippen LogP contribution in [0.1, 0.15) is 75.5 Å². The van der Waals surface area contributed by atoms with Gasteiger partial charge >= 0.3 is 0 Å². The lowest BCUT2D eigenvalue weighted by Gasteiger charge is -2.47. The normalized spacial score (nSPS) is 22.5. The second-order valence-electron chi connectivity index (χ2n) is 11.8. The van der Waals surface area contributed by atoms with Crippen LogP contribution in [-0.2, 0) is 31.2 Å². The lowest BCUT2D eigenvalue weighted by molar-refractivity contribution is 0.0726. The van der Waals surface area contributed by atoms with Gasteiger partial charge in [-0.3, -0.25) is 4.79 Å². The molecule has 1 unspecified atom stereocenters. The number of nitrogens with zero attached hydrogens (tertiary/aromatic N) is 3. The molecule has 194 valence electrons. The topological polar surface area (TPSA) is 36.0 Å². The quantitative estimate of drug-likeness (QED) is 0.418. The lowest BCUT2D eigenvalue weighted by atomic mass is 9.71. The SMILES string of the molecule is CCc1cc2c(c3c1N(C)CCC3)Oc1c(cc3c4c1CCCN4CCC3)C21c2ccccc2C(=O)N1C. The van der Waals surface area contributed by atoms with E-state index in [1.54, 1.807) is 0 Å². The summed E-state index contributed by atoms with van der Waals surface area (Å²) in [6.07, 6.45) is 7.52. The van der Waals surface area contributed by atoms with E-state index in [-0.39, 0.29) is 5.91 Å². The van der Waals surface area contributed by atoms with E-state index in [0.717, 1.165) is 91.9 Å². The first-order valence-electron chi connectivity index (χ1n) is 14.5. The van der Waals surface area contributed by atoms with E-state index >= 15 is 0 Å². The minimum absolute atomic E-state index is 0.0975. The van der Waals surface area contributed by atoms with Crippen LogP contribution in [0.15, 0.2) is 36.4 Å². The molecule has 0 aromatic heterocycles. The number of rotatable bonds is 1. The predicted molar refractivity (Wildman–Crippen MR) is 151 cm³/mol. The summed E-state index contributed by atoms with van der Waals surface area (Å²) in [6, 6.07) is 13.1. The highest BCUT2D eigenvalue weighted by Crippen LogP contribution is 2.62. The van der Waals surface area contributed by atoms with Crippen molar-refractivity contribution in [3.63, 3.8) is 0 Å². The van der Waals surface area contributed by atoms with Crippen molar-refractivity contribution in [1.82, 2.24) is 4.90 Å². The molecule has 0 aliphatic carbocycles. The van der Waals surface area contributed by atoms with Crippen LogP contribution < -0.4 is 14.5 Å². The number of hydrogen-bond donors (Lipinski definition) is 0. The Morgan fingerprint density at radius 2 is 1.53 bits per heavy atom. The van der Waals surface area contributed by atoms with Gasteiger partial charge in [-0.2, -0.15) is 0 Å². The van der Waals surface area contributed by atoms with E-state index in [0.29, 0.717) is 0 Å². The molecule has 38 heavy (non-hydrogen) atoms. The minimum Gasteiger partial charge on any atom is -0.456 e. The maximum atomic E-state index is 14.0. The van der Waals surface area contributed by atoms with Crippen molar-refractivity contribution in [3.05, 3.63) is 80.9 Å². The molecule has 0 saturated heterocycles. The van der Waals surface area contributed by atoms with Crippen LogP contribution in [0.3, 0.4) is 0 Å². The summed E-state index contributed by atoms with van der Waals surface area (Å²) in [4.78, 5) is 21.0. The van der Waals surface area contributed by atoms with Crippen molar-refractivity contribution in [3.8, 4) is 11.5 Å². The highest BCUT2D eigenvalue weighted by Gasteiger charge is 2.56. The Bertz CT molecular complexity index is 1490. The Morgan fingerprint density at radius 1 is 0.842 bits per heavy atom. The number of hydrogen-bond acceptors (Lipinski definition) is 4. The number of anilines is 2. The van der Waals surface area contributed by atoms with Gasteiger partial charge in [0.15, 0.2) is 0 Å². The van der Waals surface area contributed by atoms with E-state index in [2.05, 4.69) is 48.0 Å². The van der Waals surface area contributed by atoms with Crippen molar-refractivity contribution >= 4 is 17.3 Å². The highest BCUT2D eigenvalue weighted by atomic mass is 16.5. The third-order valence-electron chi connectivity index (χ3n) is 9.92. The van der Waals surface area contributed by atoms with E-state index in [9.17, 15) is 4.79 Å². The summed E-state index contributed by atoms with van der Waals surface area (Å²) < 4.78 is 7.19. The Kier molecular flexibility index (Phi) is 4.61. The average Bonchev–Trinajstić information content (AvgIpc) is 3.17. The van der Waals surface area contributed by atoms with Crippen LogP contribution in [-0.4, -0.2) is 44.5 Å². The first-order chi connectivity index (χ1) is 18.6. The molecule has 3 aromatic carbocycles. The first kappa shape index (κ1) is 22.5. The molecule has 5 aliphatic heterocycles. The van der Waals surface area contributed by atoms with E-state index < -0.39 is 5.54 Å². The fourth-order valence-electron chi connectivity index (χ4n) is 8.35. The molecule has 0 radical (unpaired) electrons. The zero-order chi connectivity index (χ0) is 25.8. The zero-order valence-electron chi connectivity index (χ0n) is 22.7. The molecule has 0 saturated carbocycles. The molecule has 1 spiro atoms. The van der Waals surface area contributed by atoms with Crippen LogP contribution in [0.4, 0.5) is 11.4 Å². The number of carbonyl (C=O) groups excluding carboxylic acids is 1. The minimum atomic E-state index is -0.684. The van der Waals surface area contributed by atoms with Gasteiger partial charge in [0, 0.05) is 72.9 Å². The van der Waals surface area contributed by atoms with Crippen LogP contribution in [0, 0.1) is 0 Å². The maximum Gasteiger partial charge on any atom is 0.255 e. The monoisotopic (exact) mass is 505 g/mol. The van der Waals surface area contributed by atoms with Crippen LogP contribution >= 0.6 is 0 Å². The summed E-state index contributed by atoms with van der Waals surface area (Å²) in [6.45, 7) is 5.57. The van der Waals surface area contributed by atoms with E-state index in [1.807, 2.05) is 24.1 Å². The van der Waals surface area contributed by atoms with Crippen LogP contribution in [0.5, 0.6) is 11.5 Å². The van der Waals surface area contributed by atoms with Gasteiger partial charge in [0.05, 0.1) is 0 Å². The van der Waals surface area contributed by atoms with Gasteiger partial charge in [-0.05, 0) is 79.8 Å². The summed E-state index contributed by atoms with van der Waals surface area (Å²) in [5.41, 5.74) is 11.7. The van der Waals surface area contributed by atoms with Crippen molar-refractivity contribution < 1.29 is 9.53 Å². The Balaban J connectivity index is 1.53. The molecule has 3 aromatic rings. The molecule has 5 heterocycles. The number of aryl methyl sites for hydroxylation is 2. The molecule has 1 amide bonds. The average molecular weight is 506 g/mol. The van der Waals surface area contributed by atoms with Crippen LogP contribution in [0.2, 0.25) is 0 Å². The molecule has 5 aliphatic rings. The lowest BCUT2D eigenvalue weighted by Crippen LogP contribution is -2.46. The van der Waals surface area contributed by atoms with Gasteiger partial charge in [-0.25, -0.2) is 0 Å². The molecule has 5 nitrogen and oxygen atoms in total. The van der Waals surface area contributed by atoms with Crippen molar-refractivity contribution in [1.29, 1.82) is 0 Å². The molecule has 5 heteroatoms. The number of benzene rings is 3. The van der Waals surface area contributed by atoms with E-state index in [1.165, 1.54) is 40.0 Å². The van der Waals surface area contributed by atoms with Gasteiger partial charge in [-0.1, -0.05) is 25.1 Å². The molecular formula is C33H35N3O2. The number of fused-ring (bicyclic) bond motifs is 9. The summed E-state index contributed by atoms with van der Waals surface area (Å²) in [5.74, 6) is 2.11. The zero-order valence-corrected chi connectivity index (χ0v) is 22.7. The second-order valence-corrected chi connectivity index (χ2v) is 11.8. The second kappa shape index (κ2) is 7.78. The Labute approximate surface area is 225 Å². The fraction of sp³-hybridized carbons (Fsp3) is 0.424. The molecule has 1 atom stereocenters. The van der Waals surface area contributed by atoms with Crippen molar-refractivity contribution in [2.45, 2.75) is 57.4 Å². The third kappa shape index (κ3) is 2.60. The molecule has 8 rings (SSSR count). The smallest absolute Gasteiger partial charge is 0.255 e.